The van der Waals surface area contributed by atoms with Crippen LogP contribution in [0.1, 0.15) is 34.6 Å². The van der Waals surface area contributed by atoms with Crippen LogP contribution in [0, 0.1) is 0 Å². The Morgan fingerprint density at radius 3 is 1.65 bits per heavy atom. The molecule has 0 saturated carbocycles. The first kappa shape index (κ1) is 17.6. The van der Waals surface area contributed by atoms with Crippen LogP contribution in [0.15, 0.2) is 24.3 Å². The molecular weight excluding hydrogens is 262 g/mol. The van der Waals surface area contributed by atoms with Crippen molar-refractivity contribution < 1.29 is 23.9 Å². The highest BCUT2D eigenvalue weighted by Crippen LogP contribution is 2.11. The number of hydrogen-bond acceptors (Lipinski definition) is 5. The minimum atomic E-state index is -0.508. The summed E-state index contributed by atoms with van der Waals surface area (Å²) in [6.45, 7) is 3.97. The third-order valence-electron chi connectivity index (χ3n) is 2.04. The molecule has 0 unspecified atom stereocenters. The number of nitrogens with one attached hydrogen (secondary N) is 1. The molecular formula is C14H19NO5. The zero-order chi connectivity index (χ0) is 15.4. The van der Waals surface area contributed by atoms with E-state index in [2.05, 4.69) is 5.32 Å². The summed E-state index contributed by atoms with van der Waals surface area (Å²) in [5.41, 5.74) is 0.477. The molecule has 110 valence electrons. The number of carbonyl (C=O) groups excluding carboxylic acids is 3. The molecule has 6 heteroatoms. The molecule has 0 aliphatic rings. The Balaban J connectivity index is 0.000000796. The summed E-state index contributed by atoms with van der Waals surface area (Å²) in [5.74, 6) is -1.02. The van der Waals surface area contributed by atoms with Gasteiger partial charge in [-0.05, 0) is 26.0 Å². The van der Waals surface area contributed by atoms with Crippen molar-refractivity contribution >= 4 is 18.3 Å². The first-order valence-electron chi connectivity index (χ1n) is 6.16. The van der Waals surface area contributed by atoms with Crippen LogP contribution in [-0.2, 0) is 14.3 Å². The minimum Gasteiger partial charge on any atom is -0.462 e. The Hall–Kier alpha value is -2.37. The molecule has 0 atom stereocenters. The summed E-state index contributed by atoms with van der Waals surface area (Å²) in [6, 6.07) is 6.44. The summed E-state index contributed by atoms with van der Waals surface area (Å²) >= 11 is 0. The molecule has 0 bridgehead atoms. The van der Waals surface area contributed by atoms with Gasteiger partial charge in [0.05, 0.1) is 24.3 Å². The highest BCUT2D eigenvalue weighted by Gasteiger charge is 2.17. The summed E-state index contributed by atoms with van der Waals surface area (Å²) in [7, 11) is 1.56. The van der Waals surface area contributed by atoms with Crippen molar-refractivity contribution in [3.63, 3.8) is 0 Å². The monoisotopic (exact) mass is 281 g/mol. The molecule has 0 fully saturated rings. The largest absolute Gasteiger partial charge is 0.462 e. The van der Waals surface area contributed by atoms with E-state index in [1.165, 1.54) is 0 Å². The first-order valence-corrected chi connectivity index (χ1v) is 6.16. The van der Waals surface area contributed by atoms with Crippen LogP contribution in [0.4, 0.5) is 0 Å². The highest BCUT2D eigenvalue weighted by molar-refractivity contribution is 6.03. The number of ether oxygens (including phenoxy) is 2. The van der Waals surface area contributed by atoms with Crippen molar-refractivity contribution in [1.29, 1.82) is 0 Å². The van der Waals surface area contributed by atoms with Gasteiger partial charge in [-0.3, -0.25) is 4.79 Å². The Labute approximate surface area is 118 Å². The van der Waals surface area contributed by atoms with E-state index >= 15 is 0 Å². The van der Waals surface area contributed by atoms with E-state index in [0.29, 0.717) is 6.41 Å². The zero-order valence-electron chi connectivity index (χ0n) is 11.8. The number of benzene rings is 1. The lowest BCUT2D eigenvalue weighted by molar-refractivity contribution is -0.109. The molecule has 1 rings (SSSR count). The van der Waals surface area contributed by atoms with E-state index in [9.17, 15) is 9.59 Å². The van der Waals surface area contributed by atoms with Crippen LogP contribution in [0.3, 0.4) is 0 Å². The second kappa shape index (κ2) is 10.5. The second-order valence-corrected chi connectivity index (χ2v) is 3.39. The lowest BCUT2D eigenvalue weighted by Gasteiger charge is -2.07. The molecule has 1 N–H and O–H groups in total. The van der Waals surface area contributed by atoms with E-state index in [0.717, 1.165) is 0 Å². The molecule has 0 aromatic heterocycles. The van der Waals surface area contributed by atoms with Crippen LogP contribution >= 0.6 is 0 Å². The summed E-state index contributed by atoms with van der Waals surface area (Å²) in [5, 5.41) is 2.25. The van der Waals surface area contributed by atoms with E-state index in [1.807, 2.05) is 0 Å². The number of hydrogen-bond donors (Lipinski definition) is 1. The first-order chi connectivity index (χ1) is 9.62. The van der Waals surface area contributed by atoms with Gasteiger partial charge in [-0.1, -0.05) is 12.1 Å². The van der Waals surface area contributed by atoms with Crippen molar-refractivity contribution in [3.05, 3.63) is 35.4 Å². The van der Waals surface area contributed by atoms with Gasteiger partial charge in [0.15, 0.2) is 0 Å². The zero-order valence-corrected chi connectivity index (χ0v) is 11.8. The molecule has 1 amide bonds. The lowest BCUT2D eigenvalue weighted by Crippen LogP contribution is -2.13. The van der Waals surface area contributed by atoms with Crippen LogP contribution in [0.5, 0.6) is 0 Å². The fraction of sp³-hybridized carbons (Fsp3) is 0.357. The van der Waals surface area contributed by atoms with Gasteiger partial charge >= 0.3 is 11.9 Å². The molecule has 0 saturated heterocycles. The predicted molar refractivity (Wildman–Crippen MR) is 73.5 cm³/mol. The van der Waals surface area contributed by atoms with E-state index in [4.69, 9.17) is 14.3 Å². The van der Waals surface area contributed by atoms with E-state index in [-0.39, 0.29) is 24.3 Å². The Kier molecular flexibility index (Phi) is 9.29. The predicted octanol–water partition coefficient (Wildman–Crippen LogP) is 1.40. The van der Waals surface area contributed by atoms with E-state index in [1.54, 1.807) is 45.2 Å². The quantitative estimate of drug-likeness (QED) is 0.651. The normalized spacial score (nSPS) is 8.75. The molecule has 20 heavy (non-hydrogen) atoms. The molecule has 0 radical (unpaired) electrons. The van der Waals surface area contributed by atoms with Crippen molar-refractivity contribution in [3.8, 4) is 0 Å². The summed E-state index contributed by atoms with van der Waals surface area (Å²) in [6.07, 6.45) is 0.625. The lowest BCUT2D eigenvalue weighted by atomic mass is 10.1. The Morgan fingerprint density at radius 1 is 1.05 bits per heavy atom. The standard InChI is InChI=1S/C12H14O4.C2H5NO/c1-3-15-11(13)9-7-5-6-8-10(9)12(14)16-4-2;1-3-2-4/h5-8H,3-4H2,1-2H3;2H,1H3,(H,3,4). The molecule has 0 spiro atoms. The topological polar surface area (TPSA) is 81.7 Å². The molecule has 6 nitrogen and oxygen atoms in total. The highest BCUT2D eigenvalue weighted by atomic mass is 16.5. The maximum atomic E-state index is 11.5. The third kappa shape index (κ3) is 5.99. The van der Waals surface area contributed by atoms with Gasteiger partial charge in [0.25, 0.3) is 0 Å². The molecule has 1 aromatic carbocycles. The molecule has 0 aliphatic heterocycles. The SMILES string of the molecule is CCOC(=O)c1ccccc1C(=O)OCC.CNC=O. The minimum absolute atomic E-state index is 0.239. The number of rotatable bonds is 5. The Bertz CT molecular complexity index is 408. The van der Waals surface area contributed by atoms with Gasteiger partial charge in [-0.15, -0.1) is 0 Å². The maximum absolute atomic E-state index is 11.5. The number of esters is 2. The smallest absolute Gasteiger partial charge is 0.338 e. The number of amides is 1. The number of carbonyl (C=O) groups is 3. The van der Waals surface area contributed by atoms with Crippen molar-refractivity contribution in [2.75, 3.05) is 20.3 Å². The van der Waals surface area contributed by atoms with Crippen molar-refractivity contribution in [1.82, 2.24) is 5.32 Å². The van der Waals surface area contributed by atoms with Crippen LogP contribution in [0.2, 0.25) is 0 Å². The maximum Gasteiger partial charge on any atom is 0.338 e. The second-order valence-electron chi connectivity index (χ2n) is 3.39. The van der Waals surface area contributed by atoms with Gasteiger partial charge in [-0.2, -0.15) is 0 Å². The van der Waals surface area contributed by atoms with Crippen LogP contribution in [0.25, 0.3) is 0 Å². The van der Waals surface area contributed by atoms with Gasteiger partial charge in [0.1, 0.15) is 0 Å². The van der Waals surface area contributed by atoms with Crippen LogP contribution < -0.4 is 5.32 Å². The van der Waals surface area contributed by atoms with Gasteiger partial charge in [-0.25, -0.2) is 9.59 Å². The van der Waals surface area contributed by atoms with Crippen LogP contribution in [-0.4, -0.2) is 38.6 Å². The molecule has 0 heterocycles. The third-order valence-corrected chi connectivity index (χ3v) is 2.04. The van der Waals surface area contributed by atoms with Crippen molar-refractivity contribution in [2.45, 2.75) is 13.8 Å². The van der Waals surface area contributed by atoms with E-state index < -0.39 is 11.9 Å². The fourth-order valence-corrected chi connectivity index (χ4v) is 1.26. The van der Waals surface area contributed by atoms with Gasteiger partial charge in [0.2, 0.25) is 6.41 Å². The van der Waals surface area contributed by atoms with Crippen molar-refractivity contribution in [2.24, 2.45) is 0 Å². The summed E-state index contributed by atoms with van der Waals surface area (Å²) in [4.78, 5) is 32.2. The fourth-order valence-electron chi connectivity index (χ4n) is 1.26. The average Bonchev–Trinajstić information content (AvgIpc) is 2.48. The van der Waals surface area contributed by atoms with Gasteiger partial charge < -0.3 is 14.8 Å². The van der Waals surface area contributed by atoms with Gasteiger partial charge in [0, 0.05) is 7.05 Å². The molecule has 0 aliphatic carbocycles. The molecule has 1 aromatic rings. The Morgan fingerprint density at radius 2 is 1.40 bits per heavy atom. The average molecular weight is 281 g/mol. The summed E-state index contributed by atoms with van der Waals surface area (Å²) < 4.78 is 9.70.